The Kier molecular flexibility index (Phi) is 3.72. The third-order valence-electron chi connectivity index (χ3n) is 3.06. The number of benzene rings is 1. The molecule has 0 atom stereocenters. The van der Waals surface area contributed by atoms with Gasteiger partial charge in [0.1, 0.15) is 18.0 Å². The zero-order chi connectivity index (χ0) is 14.7. The summed E-state index contributed by atoms with van der Waals surface area (Å²) in [4.78, 5) is 12.5. The molecule has 2 heterocycles. The Bertz CT molecular complexity index is 758. The fourth-order valence-electron chi connectivity index (χ4n) is 1.99. The maximum absolute atomic E-state index is 13.3. The van der Waals surface area contributed by atoms with Crippen LogP contribution >= 0.6 is 0 Å². The standard InChI is InChI=1S/C14H14FN5O/c1-2-12-19-13(21-20-12)5-6-16-14-10-7-9(15)3-4-11(10)17-8-18-14/h3-4,7-8H,2,5-6H2,1H3,(H,16,17,18). The Morgan fingerprint density at radius 2 is 2.19 bits per heavy atom. The number of nitrogens with zero attached hydrogens (tertiary/aromatic N) is 4. The van der Waals surface area contributed by atoms with Gasteiger partial charge in [0, 0.05) is 24.8 Å². The van der Waals surface area contributed by atoms with E-state index in [1.807, 2.05) is 6.92 Å². The highest BCUT2D eigenvalue weighted by Gasteiger charge is 2.07. The van der Waals surface area contributed by atoms with E-state index < -0.39 is 0 Å². The van der Waals surface area contributed by atoms with Crippen LogP contribution in [0.3, 0.4) is 0 Å². The van der Waals surface area contributed by atoms with Gasteiger partial charge in [0.15, 0.2) is 5.82 Å². The third-order valence-corrected chi connectivity index (χ3v) is 3.06. The van der Waals surface area contributed by atoms with Crippen LogP contribution in [-0.4, -0.2) is 26.7 Å². The Morgan fingerprint density at radius 1 is 1.29 bits per heavy atom. The number of aromatic nitrogens is 4. The van der Waals surface area contributed by atoms with Crippen LogP contribution in [-0.2, 0) is 12.8 Å². The SMILES string of the molecule is CCc1noc(CCNc2ncnc3ccc(F)cc23)n1. The van der Waals surface area contributed by atoms with Crippen LogP contribution in [0.4, 0.5) is 10.2 Å². The molecule has 0 aliphatic carbocycles. The van der Waals surface area contributed by atoms with Crippen molar-refractivity contribution in [2.45, 2.75) is 19.8 Å². The van der Waals surface area contributed by atoms with Gasteiger partial charge in [-0.1, -0.05) is 12.1 Å². The lowest BCUT2D eigenvalue weighted by Gasteiger charge is -2.06. The number of fused-ring (bicyclic) bond motifs is 1. The van der Waals surface area contributed by atoms with Gasteiger partial charge in [-0.05, 0) is 18.2 Å². The van der Waals surface area contributed by atoms with Crippen molar-refractivity contribution in [2.75, 3.05) is 11.9 Å². The van der Waals surface area contributed by atoms with Gasteiger partial charge in [0.25, 0.3) is 0 Å². The van der Waals surface area contributed by atoms with Crippen molar-refractivity contribution >= 4 is 16.7 Å². The number of aryl methyl sites for hydroxylation is 1. The third kappa shape index (κ3) is 2.96. The van der Waals surface area contributed by atoms with Gasteiger partial charge >= 0.3 is 0 Å². The molecule has 6 nitrogen and oxygen atoms in total. The van der Waals surface area contributed by atoms with Gasteiger partial charge in [0.2, 0.25) is 5.89 Å². The first-order valence-corrected chi connectivity index (χ1v) is 6.72. The van der Waals surface area contributed by atoms with Crippen LogP contribution < -0.4 is 5.32 Å². The largest absolute Gasteiger partial charge is 0.369 e. The molecule has 0 aliphatic heterocycles. The maximum atomic E-state index is 13.3. The predicted molar refractivity (Wildman–Crippen MR) is 75.4 cm³/mol. The van der Waals surface area contributed by atoms with Gasteiger partial charge < -0.3 is 9.84 Å². The maximum Gasteiger partial charge on any atom is 0.228 e. The Morgan fingerprint density at radius 3 is 3.00 bits per heavy atom. The summed E-state index contributed by atoms with van der Waals surface area (Å²) >= 11 is 0. The lowest BCUT2D eigenvalue weighted by atomic mass is 10.2. The minimum absolute atomic E-state index is 0.315. The average molecular weight is 287 g/mol. The molecular weight excluding hydrogens is 273 g/mol. The molecule has 21 heavy (non-hydrogen) atoms. The molecule has 0 radical (unpaired) electrons. The lowest BCUT2D eigenvalue weighted by Crippen LogP contribution is -2.07. The zero-order valence-electron chi connectivity index (χ0n) is 11.5. The van der Waals surface area contributed by atoms with Crippen LogP contribution in [0.15, 0.2) is 29.0 Å². The highest BCUT2D eigenvalue weighted by Crippen LogP contribution is 2.19. The second kappa shape index (κ2) is 5.82. The van der Waals surface area contributed by atoms with Crippen LogP contribution in [0.1, 0.15) is 18.6 Å². The van der Waals surface area contributed by atoms with Crippen LogP contribution in [0.2, 0.25) is 0 Å². The van der Waals surface area contributed by atoms with Gasteiger partial charge in [-0.2, -0.15) is 4.98 Å². The van der Waals surface area contributed by atoms with Gasteiger partial charge in [-0.25, -0.2) is 14.4 Å². The highest BCUT2D eigenvalue weighted by molar-refractivity contribution is 5.88. The molecule has 2 aromatic heterocycles. The summed E-state index contributed by atoms with van der Waals surface area (Å²) in [7, 11) is 0. The van der Waals surface area contributed by atoms with Gasteiger partial charge in [-0.3, -0.25) is 0 Å². The molecule has 0 fully saturated rings. The van der Waals surface area contributed by atoms with Crippen molar-refractivity contribution in [1.29, 1.82) is 0 Å². The number of rotatable bonds is 5. The molecule has 7 heteroatoms. The van der Waals surface area contributed by atoms with E-state index in [0.29, 0.717) is 41.4 Å². The fourth-order valence-corrected chi connectivity index (χ4v) is 1.99. The quantitative estimate of drug-likeness (QED) is 0.776. The van der Waals surface area contributed by atoms with Crippen LogP contribution in [0.5, 0.6) is 0 Å². The zero-order valence-corrected chi connectivity index (χ0v) is 11.5. The van der Waals surface area contributed by atoms with Crippen molar-refractivity contribution in [2.24, 2.45) is 0 Å². The van der Waals surface area contributed by atoms with E-state index in [9.17, 15) is 4.39 Å². The summed E-state index contributed by atoms with van der Waals surface area (Å²) in [5, 5.41) is 7.63. The summed E-state index contributed by atoms with van der Waals surface area (Å²) in [6, 6.07) is 4.42. The second-order valence-corrected chi connectivity index (χ2v) is 4.52. The minimum atomic E-state index is -0.315. The van der Waals surface area contributed by atoms with Crippen molar-refractivity contribution in [1.82, 2.24) is 20.1 Å². The molecule has 0 bridgehead atoms. The summed E-state index contributed by atoms with van der Waals surface area (Å²) in [5.74, 6) is 1.54. The molecule has 0 saturated carbocycles. The van der Waals surface area contributed by atoms with Crippen LogP contribution in [0, 0.1) is 5.82 Å². The first-order valence-electron chi connectivity index (χ1n) is 6.72. The Balaban J connectivity index is 1.71. The molecule has 1 aromatic carbocycles. The smallest absolute Gasteiger partial charge is 0.228 e. The van der Waals surface area contributed by atoms with E-state index in [0.717, 1.165) is 6.42 Å². The summed E-state index contributed by atoms with van der Waals surface area (Å²) in [5.41, 5.74) is 0.694. The minimum Gasteiger partial charge on any atom is -0.369 e. The molecular formula is C14H14FN5O. The molecule has 0 amide bonds. The molecule has 0 unspecified atom stereocenters. The van der Waals surface area contributed by atoms with E-state index in [-0.39, 0.29) is 5.82 Å². The Labute approximate surface area is 120 Å². The van der Waals surface area contributed by atoms with Crippen molar-refractivity contribution in [3.63, 3.8) is 0 Å². The predicted octanol–water partition coefficient (Wildman–Crippen LogP) is 2.37. The number of hydrogen-bond donors (Lipinski definition) is 1. The molecule has 1 N–H and O–H groups in total. The summed E-state index contributed by atoms with van der Waals surface area (Å²) in [6.45, 7) is 2.53. The number of halogens is 1. The van der Waals surface area contributed by atoms with E-state index >= 15 is 0 Å². The van der Waals surface area contributed by atoms with Gasteiger partial charge in [-0.15, -0.1) is 0 Å². The summed E-state index contributed by atoms with van der Waals surface area (Å²) in [6.07, 6.45) is 2.77. The van der Waals surface area contributed by atoms with E-state index in [1.165, 1.54) is 18.5 Å². The van der Waals surface area contributed by atoms with E-state index in [1.54, 1.807) is 6.07 Å². The fraction of sp³-hybridized carbons (Fsp3) is 0.286. The molecule has 0 saturated heterocycles. The molecule has 3 aromatic rings. The number of hydrogen-bond acceptors (Lipinski definition) is 6. The first-order chi connectivity index (χ1) is 10.3. The molecule has 108 valence electrons. The first kappa shape index (κ1) is 13.4. The lowest BCUT2D eigenvalue weighted by molar-refractivity contribution is 0.375. The molecule has 0 spiro atoms. The molecule has 0 aliphatic rings. The van der Waals surface area contributed by atoms with E-state index in [4.69, 9.17) is 4.52 Å². The second-order valence-electron chi connectivity index (χ2n) is 4.52. The normalized spacial score (nSPS) is 11.0. The van der Waals surface area contributed by atoms with Crippen molar-refractivity contribution < 1.29 is 8.91 Å². The average Bonchev–Trinajstić information content (AvgIpc) is 2.96. The number of nitrogens with one attached hydrogen (secondary N) is 1. The Hall–Kier alpha value is -2.57. The van der Waals surface area contributed by atoms with Crippen molar-refractivity contribution in [3.8, 4) is 0 Å². The molecule has 3 rings (SSSR count). The number of anilines is 1. The summed E-state index contributed by atoms with van der Waals surface area (Å²) < 4.78 is 18.4. The highest BCUT2D eigenvalue weighted by atomic mass is 19.1. The monoisotopic (exact) mass is 287 g/mol. The topological polar surface area (TPSA) is 76.7 Å². The van der Waals surface area contributed by atoms with Crippen molar-refractivity contribution in [3.05, 3.63) is 42.1 Å². The van der Waals surface area contributed by atoms with Gasteiger partial charge in [0.05, 0.1) is 5.52 Å². The van der Waals surface area contributed by atoms with Crippen LogP contribution in [0.25, 0.3) is 10.9 Å². The van der Waals surface area contributed by atoms with E-state index in [2.05, 4.69) is 25.4 Å².